The van der Waals surface area contributed by atoms with Crippen LogP contribution >= 0.6 is 12.2 Å². The summed E-state index contributed by atoms with van der Waals surface area (Å²) in [6, 6.07) is 18.7. The van der Waals surface area contributed by atoms with Gasteiger partial charge in [-0.1, -0.05) is 75.8 Å². The molecule has 1 aliphatic carbocycles. The first-order valence-corrected chi connectivity index (χ1v) is 12.9. The third kappa shape index (κ3) is 6.91. The molecule has 35 heavy (non-hydrogen) atoms. The Balaban J connectivity index is 1.83. The van der Waals surface area contributed by atoms with Gasteiger partial charge in [-0.25, -0.2) is 0 Å². The molecule has 3 rings (SSSR count). The van der Waals surface area contributed by atoms with Crippen molar-refractivity contribution in [2.24, 2.45) is 17.8 Å². The van der Waals surface area contributed by atoms with Crippen LogP contribution in [0.2, 0.25) is 0 Å². The summed E-state index contributed by atoms with van der Waals surface area (Å²) in [6.07, 6.45) is 2.94. The summed E-state index contributed by atoms with van der Waals surface area (Å²) >= 11 is 5.87. The lowest BCUT2D eigenvalue weighted by atomic mass is 9.75. The number of likely N-dealkylation sites (N-methyl/N-ethyl adjacent to an activating group) is 1. The van der Waals surface area contributed by atoms with E-state index in [1.165, 1.54) is 0 Å². The highest BCUT2D eigenvalue weighted by Crippen LogP contribution is 2.36. The molecule has 4 unspecified atom stereocenters. The van der Waals surface area contributed by atoms with E-state index >= 15 is 0 Å². The zero-order chi connectivity index (χ0) is 25.6. The SMILES string of the molecule is CC1CCC(C(C)C)C(OC(=O)CC(C)(NC(=O)c2ccccc2)C(=S)N(C)c2ccccc2)C1. The van der Waals surface area contributed by atoms with Gasteiger partial charge >= 0.3 is 5.97 Å². The molecule has 0 spiro atoms. The minimum atomic E-state index is -1.11. The Labute approximate surface area is 215 Å². The topological polar surface area (TPSA) is 58.6 Å². The molecule has 5 nitrogen and oxygen atoms in total. The van der Waals surface area contributed by atoms with Gasteiger partial charge < -0.3 is 15.0 Å². The van der Waals surface area contributed by atoms with Crippen LogP contribution in [-0.4, -0.2) is 35.6 Å². The van der Waals surface area contributed by atoms with E-state index in [-0.39, 0.29) is 24.4 Å². The Hall–Kier alpha value is -2.73. The molecule has 0 bridgehead atoms. The van der Waals surface area contributed by atoms with E-state index in [1.807, 2.05) is 60.5 Å². The molecule has 0 aliphatic heterocycles. The van der Waals surface area contributed by atoms with Gasteiger partial charge in [0.05, 0.1) is 12.0 Å². The average Bonchev–Trinajstić information content (AvgIpc) is 2.83. The zero-order valence-corrected chi connectivity index (χ0v) is 22.3. The van der Waals surface area contributed by atoms with Gasteiger partial charge in [0, 0.05) is 18.3 Å². The van der Waals surface area contributed by atoms with E-state index in [0.717, 1.165) is 24.9 Å². The highest BCUT2D eigenvalue weighted by molar-refractivity contribution is 7.80. The quantitative estimate of drug-likeness (QED) is 0.358. The van der Waals surface area contributed by atoms with Crippen LogP contribution in [0.1, 0.15) is 63.7 Å². The number of benzene rings is 2. The molecule has 0 radical (unpaired) electrons. The van der Waals surface area contributed by atoms with E-state index in [2.05, 4.69) is 26.1 Å². The number of amides is 1. The second-order valence-corrected chi connectivity index (χ2v) is 10.8. The van der Waals surface area contributed by atoms with Crippen LogP contribution in [0.5, 0.6) is 0 Å². The van der Waals surface area contributed by atoms with Crippen molar-refractivity contribution in [1.29, 1.82) is 0 Å². The third-order valence-corrected chi connectivity index (χ3v) is 7.81. The van der Waals surface area contributed by atoms with Crippen LogP contribution in [0.15, 0.2) is 60.7 Å². The second-order valence-electron chi connectivity index (χ2n) is 10.4. The van der Waals surface area contributed by atoms with E-state index in [1.54, 1.807) is 19.1 Å². The first kappa shape index (κ1) is 26.9. The lowest BCUT2D eigenvalue weighted by Gasteiger charge is -2.39. The summed E-state index contributed by atoms with van der Waals surface area (Å²) in [5.41, 5.74) is 0.280. The molecule has 1 amide bonds. The standard InChI is InChI=1S/C29H38N2O3S/c1-20(2)24-17-16-21(3)18-25(24)34-26(32)19-29(4,30-27(33)22-12-8-6-9-13-22)28(35)31(5)23-14-10-7-11-15-23/h6-15,20-21,24-25H,16-19H2,1-5H3,(H,30,33). The third-order valence-electron chi connectivity index (χ3n) is 7.09. The van der Waals surface area contributed by atoms with Crippen molar-refractivity contribution in [3.63, 3.8) is 0 Å². The Bertz CT molecular complexity index is 1010. The average molecular weight is 495 g/mol. The first-order chi connectivity index (χ1) is 16.6. The summed E-state index contributed by atoms with van der Waals surface area (Å²) in [5.74, 6) is 0.691. The molecule has 188 valence electrons. The molecule has 4 atom stereocenters. The number of anilines is 1. The number of esters is 1. The van der Waals surface area contributed by atoms with Crippen molar-refractivity contribution in [2.75, 3.05) is 11.9 Å². The maximum absolute atomic E-state index is 13.3. The van der Waals surface area contributed by atoms with Gasteiger partial charge in [-0.05, 0) is 61.8 Å². The monoisotopic (exact) mass is 494 g/mol. The van der Waals surface area contributed by atoms with Gasteiger partial charge in [0.2, 0.25) is 0 Å². The molecule has 1 aliphatic rings. The van der Waals surface area contributed by atoms with Gasteiger partial charge in [-0.3, -0.25) is 9.59 Å². The largest absolute Gasteiger partial charge is 0.462 e. The molecular weight excluding hydrogens is 456 g/mol. The van der Waals surface area contributed by atoms with Crippen molar-refractivity contribution < 1.29 is 14.3 Å². The van der Waals surface area contributed by atoms with Gasteiger partial charge in [0.25, 0.3) is 5.91 Å². The fraction of sp³-hybridized carbons (Fsp3) is 0.483. The number of carbonyl (C=O) groups excluding carboxylic acids is 2. The smallest absolute Gasteiger partial charge is 0.308 e. The molecule has 0 aromatic heterocycles. The van der Waals surface area contributed by atoms with Gasteiger partial charge in [0.15, 0.2) is 0 Å². The molecule has 1 N–H and O–H groups in total. The minimum absolute atomic E-state index is 0.0444. The number of para-hydroxylation sites is 1. The maximum atomic E-state index is 13.3. The van der Waals surface area contributed by atoms with Crippen molar-refractivity contribution in [1.82, 2.24) is 5.32 Å². The minimum Gasteiger partial charge on any atom is -0.462 e. The normalized spacial score (nSPS) is 21.6. The molecular formula is C29H38N2O3S. The van der Waals surface area contributed by atoms with Crippen LogP contribution in [0.3, 0.4) is 0 Å². The number of rotatable bonds is 8. The maximum Gasteiger partial charge on any atom is 0.308 e. The summed E-state index contributed by atoms with van der Waals surface area (Å²) in [5, 5.41) is 3.05. The van der Waals surface area contributed by atoms with E-state index in [0.29, 0.717) is 28.3 Å². The fourth-order valence-electron chi connectivity index (χ4n) is 4.97. The number of hydrogen-bond donors (Lipinski definition) is 1. The Morgan fingerprint density at radius 3 is 2.29 bits per heavy atom. The number of nitrogens with one attached hydrogen (secondary N) is 1. The molecule has 0 heterocycles. The lowest BCUT2D eigenvalue weighted by molar-refractivity contribution is -0.156. The number of hydrogen-bond acceptors (Lipinski definition) is 4. The predicted octanol–water partition coefficient (Wildman–Crippen LogP) is 6.03. The van der Waals surface area contributed by atoms with Gasteiger partial charge in [-0.2, -0.15) is 0 Å². The van der Waals surface area contributed by atoms with Crippen molar-refractivity contribution in [3.8, 4) is 0 Å². The lowest BCUT2D eigenvalue weighted by Crippen LogP contribution is -2.58. The van der Waals surface area contributed by atoms with Crippen molar-refractivity contribution in [3.05, 3.63) is 66.2 Å². The number of nitrogens with zero attached hydrogens (tertiary/aromatic N) is 1. The number of thiocarbonyl (C=S) groups is 1. The second kappa shape index (κ2) is 11.8. The van der Waals surface area contributed by atoms with Crippen LogP contribution in [0.25, 0.3) is 0 Å². The number of carbonyl (C=O) groups is 2. The molecule has 1 saturated carbocycles. The molecule has 0 saturated heterocycles. The van der Waals surface area contributed by atoms with Crippen molar-refractivity contribution in [2.45, 2.75) is 65.0 Å². The van der Waals surface area contributed by atoms with Crippen LogP contribution in [0.4, 0.5) is 5.69 Å². The molecule has 2 aromatic rings. The molecule has 1 fully saturated rings. The highest BCUT2D eigenvalue weighted by atomic mass is 32.1. The van der Waals surface area contributed by atoms with E-state index < -0.39 is 5.54 Å². The molecule has 2 aromatic carbocycles. The Morgan fingerprint density at radius 2 is 1.69 bits per heavy atom. The zero-order valence-electron chi connectivity index (χ0n) is 21.5. The Morgan fingerprint density at radius 1 is 1.09 bits per heavy atom. The summed E-state index contributed by atoms with van der Waals surface area (Å²) < 4.78 is 6.09. The highest BCUT2D eigenvalue weighted by Gasteiger charge is 2.39. The van der Waals surface area contributed by atoms with Gasteiger partial charge in [0.1, 0.15) is 11.1 Å². The number of ether oxygens (including phenoxy) is 1. The first-order valence-electron chi connectivity index (χ1n) is 12.5. The van der Waals surface area contributed by atoms with Crippen LogP contribution < -0.4 is 10.2 Å². The van der Waals surface area contributed by atoms with Crippen LogP contribution in [0, 0.1) is 17.8 Å². The van der Waals surface area contributed by atoms with Crippen LogP contribution in [-0.2, 0) is 9.53 Å². The predicted molar refractivity (Wildman–Crippen MR) is 146 cm³/mol. The summed E-state index contributed by atoms with van der Waals surface area (Å²) in [6.45, 7) is 8.40. The fourth-order valence-corrected chi connectivity index (χ4v) is 5.20. The summed E-state index contributed by atoms with van der Waals surface area (Å²) in [7, 11) is 1.85. The summed E-state index contributed by atoms with van der Waals surface area (Å²) in [4.78, 5) is 28.8. The van der Waals surface area contributed by atoms with E-state index in [4.69, 9.17) is 17.0 Å². The van der Waals surface area contributed by atoms with Crippen molar-refractivity contribution >= 4 is 34.8 Å². The molecule has 6 heteroatoms. The van der Waals surface area contributed by atoms with Gasteiger partial charge in [-0.15, -0.1) is 0 Å². The Kier molecular flexibility index (Phi) is 9.06. The van der Waals surface area contributed by atoms with E-state index in [9.17, 15) is 9.59 Å².